The molecule has 1 aliphatic carbocycles. The van der Waals surface area contributed by atoms with Crippen LogP contribution in [0.25, 0.3) is 0 Å². The maximum atomic E-state index is 10.5. The van der Waals surface area contributed by atoms with E-state index in [2.05, 4.69) is 44.3 Å². The third-order valence-electron chi connectivity index (χ3n) is 4.42. The predicted molar refractivity (Wildman–Crippen MR) is 80.4 cm³/mol. The van der Waals surface area contributed by atoms with E-state index in [0.717, 1.165) is 25.7 Å². The van der Waals surface area contributed by atoms with E-state index in [1.807, 2.05) is 0 Å². The number of benzene rings is 1. The van der Waals surface area contributed by atoms with Gasteiger partial charge in [-0.25, -0.2) is 0 Å². The van der Waals surface area contributed by atoms with Crippen LogP contribution in [-0.4, -0.2) is 17.3 Å². The highest BCUT2D eigenvalue weighted by atomic mass is 16.3. The molecule has 19 heavy (non-hydrogen) atoms. The molecule has 0 heterocycles. The summed E-state index contributed by atoms with van der Waals surface area (Å²) in [5, 5.41) is 14.1. The molecule has 1 aromatic rings. The molecule has 1 aromatic carbocycles. The fourth-order valence-electron chi connectivity index (χ4n) is 3.07. The van der Waals surface area contributed by atoms with E-state index < -0.39 is 5.60 Å². The highest BCUT2D eigenvalue weighted by Gasteiger charge is 2.29. The van der Waals surface area contributed by atoms with Crippen molar-refractivity contribution < 1.29 is 5.11 Å². The van der Waals surface area contributed by atoms with E-state index in [9.17, 15) is 5.11 Å². The Morgan fingerprint density at radius 1 is 1.21 bits per heavy atom. The van der Waals surface area contributed by atoms with Crippen LogP contribution in [0.5, 0.6) is 0 Å². The van der Waals surface area contributed by atoms with Crippen molar-refractivity contribution in [3.63, 3.8) is 0 Å². The molecule has 1 fully saturated rings. The lowest BCUT2D eigenvalue weighted by Gasteiger charge is -2.33. The van der Waals surface area contributed by atoms with Crippen LogP contribution in [0.15, 0.2) is 18.2 Å². The molecule has 0 aromatic heterocycles. The van der Waals surface area contributed by atoms with Gasteiger partial charge in [0.25, 0.3) is 0 Å². The monoisotopic (exact) mass is 261 g/mol. The maximum Gasteiger partial charge on any atom is 0.0771 e. The Hall–Kier alpha value is -0.860. The van der Waals surface area contributed by atoms with Gasteiger partial charge in [0.2, 0.25) is 0 Å². The average molecular weight is 261 g/mol. The molecule has 0 bridgehead atoms. The molecule has 0 aliphatic heterocycles. The summed E-state index contributed by atoms with van der Waals surface area (Å²) in [6.07, 6.45) is 5.49. The Morgan fingerprint density at radius 2 is 1.89 bits per heavy atom. The molecule has 2 nitrogen and oxygen atoms in total. The first-order valence-corrected chi connectivity index (χ1v) is 7.53. The second-order valence-corrected chi connectivity index (χ2v) is 6.25. The number of aliphatic hydroxyl groups is 1. The van der Waals surface area contributed by atoms with E-state index in [0.29, 0.717) is 12.6 Å². The van der Waals surface area contributed by atoms with E-state index in [1.54, 1.807) is 0 Å². The Kier molecular flexibility index (Phi) is 4.64. The molecular formula is C17H27NO. The second kappa shape index (κ2) is 6.06. The number of nitrogens with one attached hydrogen (secondary N) is 1. The summed E-state index contributed by atoms with van der Waals surface area (Å²) in [6, 6.07) is 6.88. The van der Waals surface area contributed by atoms with Crippen LogP contribution in [0.3, 0.4) is 0 Å². The van der Waals surface area contributed by atoms with E-state index in [-0.39, 0.29) is 0 Å². The van der Waals surface area contributed by atoms with Gasteiger partial charge in [-0.05, 0) is 44.7 Å². The first kappa shape index (κ1) is 14.5. The molecule has 1 saturated carbocycles. The summed E-state index contributed by atoms with van der Waals surface area (Å²) >= 11 is 0. The highest BCUT2D eigenvalue weighted by molar-refractivity contribution is 5.32. The molecular weight excluding hydrogens is 234 g/mol. The lowest BCUT2D eigenvalue weighted by atomic mass is 9.84. The van der Waals surface area contributed by atoms with Crippen molar-refractivity contribution >= 4 is 0 Å². The van der Waals surface area contributed by atoms with Crippen molar-refractivity contribution in [1.29, 1.82) is 0 Å². The van der Waals surface area contributed by atoms with E-state index in [4.69, 9.17) is 0 Å². The summed E-state index contributed by atoms with van der Waals surface area (Å²) in [7, 11) is 0. The zero-order chi connectivity index (χ0) is 13.9. The van der Waals surface area contributed by atoms with Gasteiger partial charge in [-0.1, -0.05) is 43.0 Å². The lowest BCUT2D eigenvalue weighted by molar-refractivity contribution is 0.00299. The number of aryl methyl sites for hydroxylation is 2. The molecule has 106 valence electrons. The molecule has 0 saturated heterocycles. The van der Waals surface area contributed by atoms with Crippen molar-refractivity contribution in [2.75, 3.05) is 6.54 Å². The van der Waals surface area contributed by atoms with E-state index in [1.165, 1.54) is 23.1 Å². The number of rotatable bonds is 4. The Balaban J connectivity index is 1.97. The van der Waals surface area contributed by atoms with Gasteiger partial charge in [0.15, 0.2) is 0 Å². The van der Waals surface area contributed by atoms with Crippen molar-refractivity contribution in [3.05, 3.63) is 34.9 Å². The van der Waals surface area contributed by atoms with Crippen LogP contribution in [0.4, 0.5) is 0 Å². The zero-order valence-corrected chi connectivity index (χ0v) is 12.5. The van der Waals surface area contributed by atoms with Gasteiger partial charge in [-0.3, -0.25) is 0 Å². The largest absolute Gasteiger partial charge is 0.389 e. The first-order chi connectivity index (χ1) is 9.00. The smallest absolute Gasteiger partial charge is 0.0771 e. The quantitative estimate of drug-likeness (QED) is 0.867. The van der Waals surface area contributed by atoms with Crippen LogP contribution >= 0.6 is 0 Å². The third kappa shape index (κ3) is 3.80. The van der Waals surface area contributed by atoms with Crippen LogP contribution < -0.4 is 5.32 Å². The Morgan fingerprint density at radius 3 is 2.58 bits per heavy atom. The summed E-state index contributed by atoms with van der Waals surface area (Å²) < 4.78 is 0. The fourth-order valence-corrected chi connectivity index (χ4v) is 3.07. The number of hydrogen-bond acceptors (Lipinski definition) is 2. The molecule has 0 amide bonds. The molecule has 1 atom stereocenters. The van der Waals surface area contributed by atoms with Crippen molar-refractivity contribution in [1.82, 2.24) is 5.32 Å². The topological polar surface area (TPSA) is 32.3 Å². The van der Waals surface area contributed by atoms with Crippen molar-refractivity contribution in [2.24, 2.45) is 0 Å². The minimum Gasteiger partial charge on any atom is -0.389 e. The second-order valence-electron chi connectivity index (χ2n) is 6.25. The van der Waals surface area contributed by atoms with Crippen molar-refractivity contribution in [2.45, 2.75) is 64.5 Å². The summed E-state index contributed by atoms with van der Waals surface area (Å²) in [4.78, 5) is 0. The highest BCUT2D eigenvalue weighted by Crippen LogP contribution is 2.28. The summed E-state index contributed by atoms with van der Waals surface area (Å²) in [5.41, 5.74) is 3.48. The van der Waals surface area contributed by atoms with Gasteiger partial charge in [0, 0.05) is 12.6 Å². The Labute approximate surface area is 117 Å². The van der Waals surface area contributed by atoms with Gasteiger partial charge in [0.1, 0.15) is 0 Å². The SMILES string of the molecule is Cc1ccc(C)c(C(C)NCC2(O)CCCCC2)c1. The van der Waals surface area contributed by atoms with Crippen LogP contribution in [-0.2, 0) is 0 Å². The average Bonchev–Trinajstić information content (AvgIpc) is 2.40. The van der Waals surface area contributed by atoms with E-state index >= 15 is 0 Å². The maximum absolute atomic E-state index is 10.5. The molecule has 2 heteroatoms. The van der Waals surface area contributed by atoms with Gasteiger partial charge >= 0.3 is 0 Å². The predicted octanol–water partition coefficient (Wildman–Crippen LogP) is 3.65. The lowest BCUT2D eigenvalue weighted by Crippen LogP contribution is -2.43. The minimum atomic E-state index is -0.482. The van der Waals surface area contributed by atoms with Gasteiger partial charge in [0.05, 0.1) is 5.60 Å². The molecule has 1 unspecified atom stereocenters. The van der Waals surface area contributed by atoms with Crippen molar-refractivity contribution in [3.8, 4) is 0 Å². The molecule has 0 radical (unpaired) electrons. The standard InChI is InChI=1S/C17H27NO/c1-13-7-8-14(2)16(11-13)15(3)18-12-17(19)9-5-4-6-10-17/h7-8,11,15,18-19H,4-6,9-10,12H2,1-3H3. The fraction of sp³-hybridized carbons (Fsp3) is 0.647. The number of hydrogen-bond donors (Lipinski definition) is 2. The first-order valence-electron chi connectivity index (χ1n) is 7.53. The van der Waals surface area contributed by atoms with Gasteiger partial charge < -0.3 is 10.4 Å². The summed E-state index contributed by atoms with van der Waals surface area (Å²) in [6.45, 7) is 7.18. The normalized spacial score (nSPS) is 20.2. The third-order valence-corrected chi connectivity index (χ3v) is 4.42. The molecule has 2 rings (SSSR count). The van der Waals surface area contributed by atoms with Gasteiger partial charge in [-0.15, -0.1) is 0 Å². The summed E-state index contributed by atoms with van der Waals surface area (Å²) in [5.74, 6) is 0. The Bertz CT molecular complexity index is 421. The zero-order valence-electron chi connectivity index (χ0n) is 12.5. The minimum absolute atomic E-state index is 0.297. The molecule has 2 N–H and O–H groups in total. The van der Waals surface area contributed by atoms with Gasteiger partial charge in [-0.2, -0.15) is 0 Å². The van der Waals surface area contributed by atoms with Crippen LogP contribution in [0, 0.1) is 13.8 Å². The molecule has 1 aliphatic rings. The molecule has 0 spiro atoms. The van der Waals surface area contributed by atoms with Crippen LogP contribution in [0.1, 0.15) is 61.8 Å². The van der Waals surface area contributed by atoms with Crippen LogP contribution in [0.2, 0.25) is 0 Å².